The SMILES string of the molecule is Cc1cc(NCc2cccc(CO)c2)cc([N+](=O)[O-])c1. The Labute approximate surface area is 117 Å². The molecule has 0 atom stereocenters. The Morgan fingerprint density at radius 1 is 1.20 bits per heavy atom. The summed E-state index contributed by atoms with van der Waals surface area (Å²) < 4.78 is 0. The lowest BCUT2D eigenvalue weighted by Crippen LogP contribution is -2.01. The maximum atomic E-state index is 10.8. The summed E-state index contributed by atoms with van der Waals surface area (Å²) >= 11 is 0. The molecule has 0 aromatic heterocycles. The number of nitrogens with one attached hydrogen (secondary N) is 1. The minimum absolute atomic E-state index is 0.00373. The summed E-state index contributed by atoms with van der Waals surface area (Å²) in [4.78, 5) is 10.4. The summed E-state index contributed by atoms with van der Waals surface area (Å²) in [6.07, 6.45) is 0. The Kier molecular flexibility index (Phi) is 4.32. The van der Waals surface area contributed by atoms with Gasteiger partial charge in [-0.05, 0) is 29.7 Å². The molecule has 5 nitrogen and oxygen atoms in total. The highest BCUT2D eigenvalue weighted by Gasteiger charge is 2.07. The number of nitro groups is 1. The molecule has 0 aliphatic heterocycles. The van der Waals surface area contributed by atoms with Crippen molar-refractivity contribution in [3.05, 3.63) is 69.3 Å². The fourth-order valence-corrected chi connectivity index (χ4v) is 2.01. The van der Waals surface area contributed by atoms with Crippen molar-refractivity contribution < 1.29 is 10.0 Å². The van der Waals surface area contributed by atoms with Gasteiger partial charge in [-0.25, -0.2) is 0 Å². The zero-order chi connectivity index (χ0) is 14.5. The first-order valence-electron chi connectivity index (χ1n) is 6.27. The molecule has 0 saturated carbocycles. The number of rotatable bonds is 5. The van der Waals surface area contributed by atoms with Gasteiger partial charge in [-0.2, -0.15) is 0 Å². The molecule has 104 valence electrons. The predicted octanol–water partition coefficient (Wildman–Crippen LogP) is 3.01. The molecule has 5 heteroatoms. The minimum Gasteiger partial charge on any atom is -0.392 e. The van der Waals surface area contributed by atoms with Gasteiger partial charge in [0.25, 0.3) is 5.69 Å². The van der Waals surface area contributed by atoms with E-state index in [2.05, 4.69) is 5.32 Å². The third kappa shape index (κ3) is 3.55. The van der Waals surface area contributed by atoms with E-state index < -0.39 is 4.92 Å². The molecule has 0 heterocycles. The highest BCUT2D eigenvalue weighted by molar-refractivity contribution is 5.54. The molecule has 2 aromatic rings. The zero-order valence-electron chi connectivity index (χ0n) is 11.2. The lowest BCUT2D eigenvalue weighted by Gasteiger charge is -2.08. The van der Waals surface area contributed by atoms with Crippen LogP contribution in [0.5, 0.6) is 0 Å². The van der Waals surface area contributed by atoms with Crippen LogP contribution in [0.15, 0.2) is 42.5 Å². The van der Waals surface area contributed by atoms with Gasteiger partial charge >= 0.3 is 0 Å². The highest BCUT2D eigenvalue weighted by atomic mass is 16.6. The number of aliphatic hydroxyl groups is 1. The number of nitro benzene ring substituents is 1. The number of non-ortho nitro benzene ring substituents is 1. The molecule has 0 saturated heterocycles. The van der Waals surface area contributed by atoms with Gasteiger partial charge in [0.05, 0.1) is 11.5 Å². The highest BCUT2D eigenvalue weighted by Crippen LogP contribution is 2.21. The first-order chi connectivity index (χ1) is 9.58. The van der Waals surface area contributed by atoms with E-state index in [1.54, 1.807) is 0 Å². The van der Waals surface area contributed by atoms with E-state index in [1.165, 1.54) is 12.1 Å². The maximum absolute atomic E-state index is 10.8. The van der Waals surface area contributed by atoms with Gasteiger partial charge in [0, 0.05) is 24.4 Å². The largest absolute Gasteiger partial charge is 0.392 e. The van der Waals surface area contributed by atoms with Gasteiger partial charge in [0.1, 0.15) is 0 Å². The second-order valence-corrected chi connectivity index (χ2v) is 4.65. The molecule has 2 aromatic carbocycles. The fourth-order valence-electron chi connectivity index (χ4n) is 2.01. The monoisotopic (exact) mass is 272 g/mol. The number of hydrogen-bond acceptors (Lipinski definition) is 4. The average molecular weight is 272 g/mol. The van der Waals surface area contributed by atoms with Crippen LogP contribution in [0.2, 0.25) is 0 Å². The maximum Gasteiger partial charge on any atom is 0.271 e. The Hall–Kier alpha value is -2.40. The molecule has 0 amide bonds. The van der Waals surface area contributed by atoms with Crippen LogP contribution in [-0.4, -0.2) is 10.0 Å². The van der Waals surface area contributed by atoms with Gasteiger partial charge in [-0.1, -0.05) is 24.3 Å². The Morgan fingerprint density at radius 3 is 2.65 bits per heavy atom. The van der Waals surface area contributed by atoms with E-state index in [1.807, 2.05) is 37.3 Å². The zero-order valence-corrected chi connectivity index (χ0v) is 11.2. The third-order valence-corrected chi connectivity index (χ3v) is 2.94. The predicted molar refractivity (Wildman–Crippen MR) is 77.5 cm³/mol. The van der Waals surface area contributed by atoms with E-state index in [-0.39, 0.29) is 12.3 Å². The van der Waals surface area contributed by atoms with Crippen molar-refractivity contribution in [2.75, 3.05) is 5.32 Å². The van der Waals surface area contributed by atoms with Crippen molar-refractivity contribution in [2.45, 2.75) is 20.1 Å². The van der Waals surface area contributed by atoms with E-state index >= 15 is 0 Å². The van der Waals surface area contributed by atoms with Gasteiger partial charge in [-0.15, -0.1) is 0 Å². The summed E-state index contributed by atoms with van der Waals surface area (Å²) in [5, 5.41) is 23.1. The number of anilines is 1. The van der Waals surface area contributed by atoms with E-state index in [0.717, 1.165) is 16.7 Å². The standard InChI is InChI=1S/C15H16N2O3/c1-11-5-14(8-15(6-11)17(19)20)16-9-12-3-2-4-13(7-12)10-18/h2-8,16,18H,9-10H2,1H3. The Balaban J connectivity index is 2.12. The Bertz CT molecular complexity index is 626. The van der Waals surface area contributed by atoms with Gasteiger partial charge in [0.2, 0.25) is 0 Å². The molecule has 0 bridgehead atoms. The van der Waals surface area contributed by atoms with Crippen LogP contribution in [0.3, 0.4) is 0 Å². The molecule has 0 spiro atoms. The first-order valence-corrected chi connectivity index (χ1v) is 6.27. The summed E-state index contributed by atoms with van der Waals surface area (Å²) in [5.74, 6) is 0. The van der Waals surface area contributed by atoms with E-state index in [4.69, 9.17) is 5.11 Å². The fraction of sp³-hybridized carbons (Fsp3) is 0.200. The topological polar surface area (TPSA) is 75.4 Å². The van der Waals surface area contributed by atoms with Crippen molar-refractivity contribution in [3.63, 3.8) is 0 Å². The number of nitrogens with zero attached hydrogens (tertiary/aromatic N) is 1. The minimum atomic E-state index is -0.398. The molecular formula is C15H16N2O3. The van der Waals surface area contributed by atoms with Crippen LogP contribution in [0.4, 0.5) is 11.4 Å². The van der Waals surface area contributed by atoms with Crippen LogP contribution in [0.25, 0.3) is 0 Å². The summed E-state index contributed by atoms with van der Waals surface area (Å²) in [6.45, 7) is 2.38. The van der Waals surface area contributed by atoms with Crippen LogP contribution < -0.4 is 5.32 Å². The number of aliphatic hydroxyl groups excluding tert-OH is 1. The summed E-state index contributed by atoms with van der Waals surface area (Å²) in [6, 6.07) is 12.5. The normalized spacial score (nSPS) is 10.3. The van der Waals surface area contributed by atoms with E-state index in [9.17, 15) is 10.1 Å². The van der Waals surface area contributed by atoms with Crippen molar-refractivity contribution in [3.8, 4) is 0 Å². The van der Waals surface area contributed by atoms with Crippen molar-refractivity contribution >= 4 is 11.4 Å². The van der Waals surface area contributed by atoms with Crippen LogP contribution in [0.1, 0.15) is 16.7 Å². The van der Waals surface area contributed by atoms with Crippen LogP contribution in [-0.2, 0) is 13.2 Å². The van der Waals surface area contributed by atoms with Gasteiger partial charge in [0.15, 0.2) is 0 Å². The van der Waals surface area contributed by atoms with Crippen molar-refractivity contribution in [1.82, 2.24) is 0 Å². The molecule has 0 aliphatic carbocycles. The van der Waals surface area contributed by atoms with Crippen LogP contribution >= 0.6 is 0 Å². The van der Waals surface area contributed by atoms with E-state index in [0.29, 0.717) is 12.2 Å². The van der Waals surface area contributed by atoms with Gasteiger partial charge in [-0.3, -0.25) is 10.1 Å². The molecule has 2 N–H and O–H groups in total. The molecule has 0 radical (unpaired) electrons. The van der Waals surface area contributed by atoms with Gasteiger partial charge < -0.3 is 10.4 Å². The quantitative estimate of drug-likeness (QED) is 0.648. The molecule has 0 fully saturated rings. The molecule has 0 unspecified atom stereocenters. The second-order valence-electron chi connectivity index (χ2n) is 4.65. The number of benzene rings is 2. The van der Waals surface area contributed by atoms with Crippen molar-refractivity contribution in [1.29, 1.82) is 0 Å². The average Bonchev–Trinajstić information content (AvgIpc) is 2.44. The first kappa shape index (κ1) is 14.0. The molecule has 2 rings (SSSR count). The lowest BCUT2D eigenvalue weighted by molar-refractivity contribution is -0.384. The Morgan fingerprint density at radius 2 is 1.95 bits per heavy atom. The summed E-state index contributed by atoms with van der Waals surface area (Å²) in [5.41, 5.74) is 3.49. The molecular weight excluding hydrogens is 256 g/mol. The smallest absolute Gasteiger partial charge is 0.271 e. The molecule has 20 heavy (non-hydrogen) atoms. The van der Waals surface area contributed by atoms with Crippen molar-refractivity contribution in [2.24, 2.45) is 0 Å². The summed E-state index contributed by atoms with van der Waals surface area (Å²) in [7, 11) is 0. The second kappa shape index (κ2) is 6.16. The van der Waals surface area contributed by atoms with Crippen LogP contribution in [0, 0.1) is 17.0 Å². The number of hydrogen-bond donors (Lipinski definition) is 2. The third-order valence-electron chi connectivity index (χ3n) is 2.94. The lowest BCUT2D eigenvalue weighted by atomic mass is 10.1. The number of aryl methyl sites for hydroxylation is 1. The molecule has 0 aliphatic rings.